The van der Waals surface area contributed by atoms with Crippen molar-refractivity contribution in [2.75, 3.05) is 0 Å². The zero-order valence-corrected chi connectivity index (χ0v) is 11.6. The zero-order valence-electron chi connectivity index (χ0n) is 11.6. The summed E-state index contributed by atoms with van der Waals surface area (Å²) in [5.74, 6) is -0.379. The van der Waals surface area contributed by atoms with Crippen LogP contribution in [0.5, 0.6) is 0 Å². The molecule has 0 radical (unpaired) electrons. The first-order valence-corrected chi connectivity index (χ1v) is 7.27. The molecule has 3 rings (SSSR count). The number of ether oxygens (including phenoxy) is 1. The highest BCUT2D eigenvalue weighted by Crippen LogP contribution is 2.24. The molecule has 0 saturated carbocycles. The van der Waals surface area contributed by atoms with Crippen LogP contribution < -0.4 is 5.32 Å². The quantitative estimate of drug-likeness (QED) is 0.851. The van der Waals surface area contributed by atoms with Gasteiger partial charge in [-0.05, 0) is 32.1 Å². The van der Waals surface area contributed by atoms with E-state index in [9.17, 15) is 9.59 Å². The second-order valence-corrected chi connectivity index (χ2v) is 5.48. The molecule has 1 aromatic rings. The lowest BCUT2D eigenvalue weighted by Crippen LogP contribution is -2.35. The maximum atomic E-state index is 12.0. The molecule has 1 saturated heterocycles. The molecule has 0 spiro atoms. The highest BCUT2D eigenvalue weighted by molar-refractivity contribution is 5.82. The molecule has 21 heavy (non-hydrogen) atoms. The molecule has 1 fully saturated rings. The first kappa shape index (κ1) is 14.1. The van der Waals surface area contributed by atoms with E-state index in [2.05, 4.69) is 10.5 Å². The van der Waals surface area contributed by atoms with Crippen molar-refractivity contribution < 1.29 is 24.0 Å². The number of hydrogen-bond acceptors (Lipinski definition) is 5. The number of carboxylic acids is 1. The molecule has 1 aliphatic heterocycles. The van der Waals surface area contributed by atoms with Gasteiger partial charge >= 0.3 is 5.97 Å². The van der Waals surface area contributed by atoms with E-state index in [0.29, 0.717) is 19.4 Å². The third-order valence-electron chi connectivity index (χ3n) is 4.05. The number of carboxylic acid groups (broad SMARTS) is 1. The molecule has 1 amide bonds. The minimum Gasteiger partial charge on any atom is -0.479 e. The molecule has 2 aliphatic rings. The molecular formula is C14H18N2O5. The van der Waals surface area contributed by atoms with Gasteiger partial charge in [-0.25, -0.2) is 4.79 Å². The fraction of sp³-hybridized carbons (Fsp3) is 0.643. The number of carbonyl (C=O) groups is 2. The van der Waals surface area contributed by atoms with E-state index in [4.69, 9.17) is 14.4 Å². The SMILES string of the molecule is O=C(O)C1CCC(C(=O)NCc2noc3c2CCCC3)O1. The lowest BCUT2D eigenvalue weighted by atomic mass is 9.96. The van der Waals surface area contributed by atoms with E-state index < -0.39 is 18.2 Å². The summed E-state index contributed by atoms with van der Waals surface area (Å²) in [6, 6.07) is 0. The lowest BCUT2D eigenvalue weighted by molar-refractivity contribution is -0.151. The third-order valence-corrected chi connectivity index (χ3v) is 4.05. The zero-order chi connectivity index (χ0) is 14.8. The summed E-state index contributed by atoms with van der Waals surface area (Å²) in [5, 5.41) is 15.6. The van der Waals surface area contributed by atoms with Gasteiger partial charge in [0.25, 0.3) is 0 Å². The third kappa shape index (κ3) is 2.92. The van der Waals surface area contributed by atoms with Crippen LogP contribution in [-0.4, -0.2) is 34.3 Å². The van der Waals surface area contributed by atoms with Gasteiger partial charge in [0.2, 0.25) is 5.91 Å². The van der Waals surface area contributed by atoms with Crippen molar-refractivity contribution in [2.45, 2.75) is 57.3 Å². The predicted octanol–water partition coefficient (Wildman–Crippen LogP) is 0.802. The fourth-order valence-corrected chi connectivity index (χ4v) is 2.88. The number of nitrogens with zero attached hydrogens (tertiary/aromatic N) is 1. The lowest BCUT2D eigenvalue weighted by Gasteiger charge is -2.12. The van der Waals surface area contributed by atoms with Crippen molar-refractivity contribution in [3.63, 3.8) is 0 Å². The van der Waals surface area contributed by atoms with E-state index in [-0.39, 0.29) is 5.91 Å². The number of nitrogens with one attached hydrogen (secondary N) is 1. The van der Waals surface area contributed by atoms with Gasteiger partial charge in [-0.2, -0.15) is 0 Å². The smallest absolute Gasteiger partial charge is 0.332 e. The number of hydrogen-bond donors (Lipinski definition) is 2. The Morgan fingerprint density at radius 1 is 1.24 bits per heavy atom. The standard InChI is InChI=1S/C14H18N2O5/c17-13(11-5-6-12(20-11)14(18)19)15-7-9-8-3-1-2-4-10(8)21-16-9/h11-12H,1-7H2,(H,15,17)(H,18,19). The number of amides is 1. The maximum Gasteiger partial charge on any atom is 0.332 e. The Bertz CT molecular complexity index is 554. The van der Waals surface area contributed by atoms with Crippen LogP contribution in [0.1, 0.15) is 42.7 Å². The highest BCUT2D eigenvalue weighted by Gasteiger charge is 2.34. The highest BCUT2D eigenvalue weighted by atomic mass is 16.5. The van der Waals surface area contributed by atoms with Gasteiger partial charge in [-0.3, -0.25) is 4.79 Å². The maximum absolute atomic E-state index is 12.0. The van der Waals surface area contributed by atoms with Gasteiger partial charge < -0.3 is 19.7 Å². The first-order valence-electron chi connectivity index (χ1n) is 7.27. The van der Waals surface area contributed by atoms with Crippen molar-refractivity contribution in [3.05, 3.63) is 17.0 Å². The van der Waals surface area contributed by atoms with Crippen LogP contribution in [-0.2, 0) is 33.7 Å². The number of carbonyl (C=O) groups excluding carboxylic acids is 1. The van der Waals surface area contributed by atoms with Crippen molar-refractivity contribution in [1.29, 1.82) is 0 Å². The van der Waals surface area contributed by atoms with Crippen molar-refractivity contribution in [3.8, 4) is 0 Å². The fourth-order valence-electron chi connectivity index (χ4n) is 2.88. The number of fused-ring (bicyclic) bond motifs is 1. The molecule has 7 heteroatoms. The molecule has 7 nitrogen and oxygen atoms in total. The summed E-state index contributed by atoms with van der Waals surface area (Å²) in [7, 11) is 0. The monoisotopic (exact) mass is 294 g/mol. The molecule has 1 aliphatic carbocycles. The number of aromatic nitrogens is 1. The van der Waals surface area contributed by atoms with Gasteiger partial charge in [0.05, 0.1) is 6.54 Å². The second kappa shape index (κ2) is 5.85. The van der Waals surface area contributed by atoms with Gasteiger partial charge in [-0.1, -0.05) is 5.16 Å². The van der Waals surface area contributed by atoms with Crippen molar-refractivity contribution >= 4 is 11.9 Å². The van der Waals surface area contributed by atoms with E-state index in [0.717, 1.165) is 42.7 Å². The molecular weight excluding hydrogens is 276 g/mol. The minimum atomic E-state index is -1.02. The normalized spacial score (nSPS) is 24.6. The molecule has 0 aromatic carbocycles. The Kier molecular flexibility index (Phi) is 3.92. The number of aliphatic carboxylic acids is 1. The van der Waals surface area contributed by atoms with Gasteiger partial charge in [0, 0.05) is 12.0 Å². The minimum absolute atomic E-state index is 0.286. The van der Waals surface area contributed by atoms with Crippen molar-refractivity contribution in [2.24, 2.45) is 0 Å². The van der Waals surface area contributed by atoms with E-state index in [1.165, 1.54) is 0 Å². The van der Waals surface area contributed by atoms with Crippen LogP contribution in [0, 0.1) is 0 Å². The molecule has 0 bridgehead atoms. The Morgan fingerprint density at radius 2 is 2.00 bits per heavy atom. The van der Waals surface area contributed by atoms with Crippen LogP contribution in [0.25, 0.3) is 0 Å². The Hall–Kier alpha value is -1.89. The van der Waals surface area contributed by atoms with Crippen LogP contribution in [0.15, 0.2) is 4.52 Å². The number of rotatable bonds is 4. The first-order chi connectivity index (χ1) is 10.1. The Labute approximate surface area is 121 Å². The molecule has 2 heterocycles. The molecule has 1 aromatic heterocycles. The van der Waals surface area contributed by atoms with E-state index >= 15 is 0 Å². The Morgan fingerprint density at radius 3 is 2.76 bits per heavy atom. The number of aryl methyl sites for hydroxylation is 1. The average molecular weight is 294 g/mol. The van der Waals surface area contributed by atoms with Gasteiger partial charge in [0.15, 0.2) is 6.10 Å². The Balaban J connectivity index is 1.55. The van der Waals surface area contributed by atoms with Crippen molar-refractivity contribution in [1.82, 2.24) is 10.5 Å². The molecule has 2 unspecified atom stereocenters. The van der Waals surface area contributed by atoms with Crippen LogP contribution in [0.4, 0.5) is 0 Å². The van der Waals surface area contributed by atoms with E-state index in [1.807, 2.05) is 0 Å². The molecule has 114 valence electrons. The topological polar surface area (TPSA) is 102 Å². The molecule has 2 N–H and O–H groups in total. The summed E-state index contributed by atoms with van der Waals surface area (Å²) in [4.78, 5) is 22.8. The summed E-state index contributed by atoms with van der Waals surface area (Å²) in [5.41, 5.74) is 1.88. The summed E-state index contributed by atoms with van der Waals surface area (Å²) in [6.45, 7) is 0.301. The summed E-state index contributed by atoms with van der Waals surface area (Å²) in [6.07, 6.45) is 3.30. The summed E-state index contributed by atoms with van der Waals surface area (Å²) < 4.78 is 10.5. The average Bonchev–Trinajstić information content (AvgIpc) is 3.12. The second-order valence-electron chi connectivity index (χ2n) is 5.48. The molecule has 2 atom stereocenters. The predicted molar refractivity (Wildman–Crippen MR) is 70.5 cm³/mol. The van der Waals surface area contributed by atoms with Crippen LogP contribution in [0.3, 0.4) is 0 Å². The van der Waals surface area contributed by atoms with Crippen LogP contribution >= 0.6 is 0 Å². The van der Waals surface area contributed by atoms with Gasteiger partial charge in [0.1, 0.15) is 17.6 Å². The van der Waals surface area contributed by atoms with Gasteiger partial charge in [-0.15, -0.1) is 0 Å². The van der Waals surface area contributed by atoms with Crippen LogP contribution in [0.2, 0.25) is 0 Å². The summed E-state index contributed by atoms with van der Waals surface area (Å²) >= 11 is 0. The largest absolute Gasteiger partial charge is 0.479 e. The van der Waals surface area contributed by atoms with E-state index in [1.54, 1.807) is 0 Å².